The van der Waals surface area contributed by atoms with Crippen LogP contribution < -0.4 is 11.1 Å². The van der Waals surface area contributed by atoms with Crippen molar-refractivity contribution in [2.45, 2.75) is 65.2 Å². The van der Waals surface area contributed by atoms with E-state index in [9.17, 15) is 4.79 Å². The van der Waals surface area contributed by atoms with Crippen LogP contribution in [0, 0.1) is 12.8 Å². The van der Waals surface area contributed by atoms with E-state index >= 15 is 0 Å². The minimum absolute atomic E-state index is 0.0451. The molecule has 3 rings (SSSR count). The number of hydrogen-bond donors (Lipinski definition) is 2. The lowest BCUT2D eigenvalue weighted by molar-refractivity contribution is 0.0383. The number of aromatic nitrogens is 2. The van der Waals surface area contributed by atoms with Crippen LogP contribution in [0.25, 0.3) is 0 Å². The molecule has 184 valence electrons. The lowest BCUT2D eigenvalue weighted by Crippen LogP contribution is -2.41. The van der Waals surface area contributed by atoms with Crippen molar-refractivity contribution in [1.29, 1.82) is 0 Å². The molecule has 1 aromatic heterocycles. The molecule has 7 nitrogen and oxygen atoms in total. The largest absolute Gasteiger partial charge is 0.379 e. The number of nitrogens with zero attached hydrogens (tertiary/aromatic N) is 3. The van der Waals surface area contributed by atoms with Crippen molar-refractivity contribution in [1.82, 2.24) is 20.0 Å². The van der Waals surface area contributed by atoms with Crippen molar-refractivity contribution >= 4 is 5.91 Å². The molecule has 1 saturated heterocycles. The van der Waals surface area contributed by atoms with Crippen LogP contribution in [-0.4, -0.2) is 66.5 Å². The second kappa shape index (κ2) is 14.4. The average molecular weight is 450 g/mol. The molecule has 3 N–H and O–H groups in total. The van der Waals surface area contributed by atoms with Crippen LogP contribution in [0.4, 0.5) is 0 Å². The standard InChI is InChI=1S/C16H28N4O2.C7H15N.C2H4/c1-12-13(19(5)18-14(12)16(2,3)4)15(21)17-6-7-20-8-10-22-11-9-20;8-6-7-4-2-1-3-5-7;1-2/h6-11H2,1-5H3,(H,17,21);7H,1-6,8H2;1-2H2. The Morgan fingerprint density at radius 1 is 1.19 bits per heavy atom. The van der Waals surface area contributed by atoms with Gasteiger partial charge in [0.05, 0.1) is 18.9 Å². The molecule has 0 bridgehead atoms. The summed E-state index contributed by atoms with van der Waals surface area (Å²) in [6.07, 6.45) is 7.05. The van der Waals surface area contributed by atoms with Gasteiger partial charge in [-0.05, 0) is 32.2 Å². The van der Waals surface area contributed by atoms with Crippen LogP contribution in [0.1, 0.15) is 74.6 Å². The number of hydrogen-bond acceptors (Lipinski definition) is 5. The lowest BCUT2D eigenvalue weighted by Gasteiger charge is -2.26. The molecule has 1 aromatic rings. The third-order valence-electron chi connectivity index (χ3n) is 6.08. The van der Waals surface area contributed by atoms with Crippen LogP contribution in [0.3, 0.4) is 0 Å². The normalized spacial score (nSPS) is 17.6. The number of ether oxygens (including phenoxy) is 1. The molecule has 2 fully saturated rings. The summed E-state index contributed by atoms with van der Waals surface area (Å²) in [6.45, 7) is 20.2. The Morgan fingerprint density at radius 3 is 2.25 bits per heavy atom. The second-order valence-electron chi connectivity index (χ2n) is 9.65. The van der Waals surface area contributed by atoms with Gasteiger partial charge in [-0.25, -0.2) is 0 Å². The topological polar surface area (TPSA) is 85.4 Å². The highest BCUT2D eigenvalue weighted by Crippen LogP contribution is 2.26. The Hall–Kier alpha value is -1.70. The number of aryl methyl sites for hydroxylation is 1. The number of nitrogens with two attached hydrogens (primary N) is 1. The minimum atomic E-state index is -0.0613. The molecule has 1 aliphatic carbocycles. The van der Waals surface area contributed by atoms with Gasteiger partial charge in [-0.15, -0.1) is 13.2 Å². The fourth-order valence-electron chi connectivity index (χ4n) is 4.32. The minimum Gasteiger partial charge on any atom is -0.379 e. The van der Waals surface area contributed by atoms with Crippen molar-refractivity contribution in [2.75, 3.05) is 45.9 Å². The van der Waals surface area contributed by atoms with E-state index in [0.717, 1.165) is 56.6 Å². The van der Waals surface area contributed by atoms with Gasteiger partial charge < -0.3 is 15.8 Å². The monoisotopic (exact) mass is 449 g/mol. The van der Waals surface area contributed by atoms with E-state index in [4.69, 9.17) is 10.5 Å². The van der Waals surface area contributed by atoms with E-state index in [1.807, 2.05) is 14.0 Å². The first-order valence-corrected chi connectivity index (χ1v) is 12.1. The van der Waals surface area contributed by atoms with Crippen LogP contribution in [0.15, 0.2) is 13.2 Å². The molecule has 1 aliphatic heterocycles. The third kappa shape index (κ3) is 9.04. The van der Waals surface area contributed by atoms with Gasteiger partial charge in [0.2, 0.25) is 0 Å². The number of amides is 1. The smallest absolute Gasteiger partial charge is 0.269 e. The molecule has 7 heteroatoms. The highest BCUT2D eigenvalue weighted by atomic mass is 16.5. The van der Waals surface area contributed by atoms with Gasteiger partial charge in [0, 0.05) is 44.2 Å². The average Bonchev–Trinajstić information content (AvgIpc) is 3.11. The zero-order valence-corrected chi connectivity index (χ0v) is 21.2. The quantitative estimate of drug-likeness (QED) is 0.673. The maximum Gasteiger partial charge on any atom is 0.269 e. The number of rotatable bonds is 5. The molecule has 32 heavy (non-hydrogen) atoms. The fourth-order valence-corrected chi connectivity index (χ4v) is 4.32. The summed E-state index contributed by atoms with van der Waals surface area (Å²) in [5.74, 6) is 0.819. The summed E-state index contributed by atoms with van der Waals surface area (Å²) >= 11 is 0. The summed E-state index contributed by atoms with van der Waals surface area (Å²) in [7, 11) is 1.83. The van der Waals surface area contributed by atoms with Crippen molar-refractivity contribution in [3.05, 3.63) is 30.1 Å². The predicted molar refractivity (Wildman–Crippen MR) is 133 cm³/mol. The highest BCUT2D eigenvalue weighted by molar-refractivity contribution is 5.94. The van der Waals surface area contributed by atoms with Gasteiger partial charge >= 0.3 is 0 Å². The van der Waals surface area contributed by atoms with Gasteiger partial charge in [-0.1, -0.05) is 40.0 Å². The molecule has 0 atom stereocenters. The molecule has 0 aromatic carbocycles. The molecule has 0 spiro atoms. The van der Waals surface area contributed by atoms with E-state index in [2.05, 4.69) is 49.2 Å². The first-order chi connectivity index (χ1) is 15.2. The Balaban J connectivity index is 0.000000427. The molecule has 0 unspecified atom stereocenters. The Bertz CT molecular complexity index is 669. The maximum atomic E-state index is 12.5. The van der Waals surface area contributed by atoms with Gasteiger partial charge in [-0.3, -0.25) is 14.4 Å². The summed E-state index contributed by atoms with van der Waals surface area (Å²) in [6, 6.07) is 0. The van der Waals surface area contributed by atoms with E-state index in [-0.39, 0.29) is 11.3 Å². The van der Waals surface area contributed by atoms with E-state index in [0.29, 0.717) is 12.2 Å². The van der Waals surface area contributed by atoms with E-state index < -0.39 is 0 Å². The summed E-state index contributed by atoms with van der Waals surface area (Å²) < 4.78 is 7.02. The first kappa shape index (κ1) is 28.3. The number of morpholine rings is 1. The summed E-state index contributed by atoms with van der Waals surface area (Å²) in [5, 5.41) is 7.54. The second-order valence-corrected chi connectivity index (χ2v) is 9.65. The van der Waals surface area contributed by atoms with Crippen LogP contribution in [-0.2, 0) is 17.2 Å². The van der Waals surface area contributed by atoms with Crippen molar-refractivity contribution in [2.24, 2.45) is 18.7 Å². The molecule has 1 saturated carbocycles. The number of nitrogens with one attached hydrogen (secondary N) is 1. The SMILES string of the molecule is C=C.Cc1c(C(C)(C)C)nn(C)c1C(=O)NCCN1CCOCC1.NCC1CCCCC1. The van der Waals surface area contributed by atoms with Gasteiger partial charge in [0.1, 0.15) is 5.69 Å². The Labute approximate surface area is 195 Å². The van der Waals surface area contributed by atoms with Gasteiger partial charge in [0.25, 0.3) is 5.91 Å². The van der Waals surface area contributed by atoms with Crippen molar-refractivity contribution < 1.29 is 9.53 Å². The molecule has 2 aliphatic rings. The Morgan fingerprint density at radius 2 is 1.78 bits per heavy atom. The van der Waals surface area contributed by atoms with Gasteiger partial charge in [0.15, 0.2) is 0 Å². The zero-order valence-electron chi connectivity index (χ0n) is 21.2. The molecular formula is C25H47N5O2. The number of carbonyl (C=O) groups is 1. The van der Waals surface area contributed by atoms with Gasteiger partial charge in [-0.2, -0.15) is 5.10 Å². The van der Waals surface area contributed by atoms with Crippen molar-refractivity contribution in [3.63, 3.8) is 0 Å². The fraction of sp³-hybridized carbons (Fsp3) is 0.760. The van der Waals surface area contributed by atoms with Crippen LogP contribution in [0.2, 0.25) is 0 Å². The molecule has 2 heterocycles. The van der Waals surface area contributed by atoms with Crippen molar-refractivity contribution in [3.8, 4) is 0 Å². The Kier molecular flexibility index (Phi) is 12.8. The van der Waals surface area contributed by atoms with Crippen LogP contribution >= 0.6 is 0 Å². The molecular weight excluding hydrogens is 402 g/mol. The lowest BCUT2D eigenvalue weighted by atomic mass is 9.89. The van der Waals surface area contributed by atoms with Crippen LogP contribution in [0.5, 0.6) is 0 Å². The summed E-state index contributed by atoms with van der Waals surface area (Å²) in [4.78, 5) is 14.8. The molecule has 1 amide bonds. The summed E-state index contributed by atoms with van der Waals surface area (Å²) in [5.41, 5.74) is 8.05. The third-order valence-corrected chi connectivity index (χ3v) is 6.08. The van der Waals surface area contributed by atoms with E-state index in [1.54, 1.807) is 4.68 Å². The zero-order chi connectivity index (χ0) is 24.1. The van der Waals surface area contributed by atoms with E-state index in [1.165, 1.54) is 32.1 Å². The highest BCUT2D eigenvalue weighted by Gasteiger charge is 2.26. The number of carbonyl (C=O) groups excluding carboxylic acids is 1. The molecule has 0 radical (unpaired) electrons. The maximum absolute atomic E-state index is 12.5. The first-order valence-electron chi connectivity index (χ1n) is 12.1. The predicted octanol–water partition coefficient (Wildman–Crippen LogP) is 3.42.